The summed E-state index contributed by atoms with van der Waals surface area (Å²) in [5.74, 6) is -0.884. The van der Waals surface area contributed by atoms with Gasteiger partial charge in [0, 0.05) is 20.4 Å². The zero-order valence-electron chi connectivity index (χ0n) is 25.0. The van der Waals surface area contributed by atoms with Gasteiger partial charge in [0.1, 0.15) is 7.05 Å². The van der Waals surface area contributed by atoms with Crippen molar-refractivity contribution in [3.63, 3.8) is 0 Å². The quantitative estimate of drug-likeness (QED) is 0.297. The minimum absolute atomic E-state index is 0.148. The Labute approximate surface area is 212 Å². The molecule has 0 bridgehead atoms. The number of hydrogen-bond acceptors (Lipinski definition) is 0. The predicted molar refractivity (Wildman–Crippen MR) is 148 cm³/mol. The molecule has 0 aliphatic heterocycles. The van der Waals surface area contributed by atoms with E-state index >= 15 is 0 Å². The van der Waals surface area contributed by atoms with E-state index in [1.165, 1.54) is 11.1 Å². The van der Waals surface area contributed by atoms with E-state index in [-0.39, 0.29) is 23.7 Å². The molecule has 0 N–H and O–H groups in total. The molecule has 1 heterocycles. The van der Waals surface area contributed by atoms with Gasteiger partial charge < -0.3 is 0 Å². The first-order valence-electron chi connectivity index (χ1n) is 14.0. The molecule has 1 aromatic heterocycles. The van der Waals surface area contributed by atoms with E-state index < -0.39 is 11.8 Å². The first-order valence-corrected chi connectivity index (χ1v) is 13.0. The van der Waals surface area contributed by atoms with Crippen molar-refractivity contribution in [1.29, 1.82) is 0 Å². The SMILES string of the molecule is [2H]C(c1cc(-c2cc[n+](C)c(-c3ccccc3C)c2)cc(C([2H])(C(C)C)C(C)C)c1)(C(C)C)C(C)C. The van der Waals surface area contributed by atoms with Gasteiger partial charge in [-0.2, -0.15) is 0 Å². The van der Waals surface area contributed by atoms with Crippen LogP contribution in [0.25, 0.3) is 22.4 Å². The van der Waals surface area contributed by atoms with Crippen molar-refractivity contribution < 1.29 is 7.31 Å². The number of benzene rings is 2. The third-order valence-corrected chi connectivity index (χ3v) is 6.99. The van der Waals surface area contributed by atoms with Gasteiger partial charge in [-0.15, -0.1) is 0 Å². The Bertz CT molecular complexity index is 1150. The third-order valence-electron chi connectivity index (χ3n) is 6.99. The molecule has 0 radical (unpaired) electrons. The molecule has 2 aromatic carbocycles. The van der Waals surface area contributed by atoms with Crippen LogP contribution >= 0.6 is 0 Å². The molecule has 34 heavy (non-hydrogen) atoms. The van der Waals surface area contributed by atoms with Crippen molar-refractivity contribution in [3.05, 3.63) is 77.5 Å². The number of nitrogens with zero attached hydrogens (tertiary/aromatic N) is 1. The Morgan fingerprint density at radius 1 is 0.647 bits per heavy atom. The molecule has 3 rings (SSSR count). The van der Waals surface area contributed by atoms with Gasteiger partial charge in [0.05, 0.1) is 0 Å². The van der Waals surface area contributed by atoms with Crippen LogP contribution in [0, 0.1) is 30.6 Å². The van der Waals surface area contributed by atoms with Crippen LogP contribution in [0.15, 0.2) is 60.8 Å². The highest BCUT2D eigenvalue weighted by Crippen LogP contribution is 2.40. The van der Waals surface area contributed by atoms with Crippen LogP contribution in [0.3, 0.4) is 0 Å². The first-order chi connectivity index (χ1) is 16.7. The van der Waals surface area contributed by atoms with E-state index in [0.717, 1.165) is 27.9 Å². The average Bonchev–Trinajstić information content (AvgIpc) is 2.82. The molecule has 0 saturated carbocycles. The highest BCUT2D eigenvalue weighted by Gasteiger charge is 2.25. The van der Waals surface area contributed by atoms with E-state index in [2.05, 4.69) is 135 Å². The lowest BCUT2D eigenvalue weighted by atomic mass is 9.75. The highest BCUT2D eigenvalue weighted by molar-refractivity contribution is 5.71. The molecule has 0 aliphatic carbocycles. The Morgan fingerprint density at radius 3 is 1.62 bits per heavy atom. The molecule has 182 valence electrons. The lowest BCUT2D eigenvalue weighted by Gasteiger charge is -2.30. The predicted octanol–water partition coefficient (Wildman–Crippen LogP) is 8.94. The molecule has 1 heteroatoms. The van der Waals surface area contributed by atoms with E-state index in [1.54, 1.807) is 0 Å². The van der Waals surface area contributed by atoms with Gasteiger partial charge in [-0.1, -0.05) is 91.8 Å². The Balaban J connectivity index is 2.36. The maximum absolute atomic E-state index is 9.62. The summed E-state index contributed by atoms with van der Waals surface area (Å²) in [5, 5.41) is 0. The Morgan fingerprint density at radius 2 is 1.15 bits per heavy atom. The van der Waals surface area contributed by atoms with Crippen LogP contribution in [0.4, 0.5) is 0 Å². The lowest BCUT2D eigenvalue weighted by Crippen LogP contribution is -2.30. The summed E-state index contributed by atoms with van der Waals surface area (Å²) < 4.78 is 21.4. The molecule has 3 aromatic rings. The maximum atomic E-state index is 9.62. The standard InChI is InChI=1S/C33H46N/c1-21(2)32(22(3)4)28-17-27(18-29(19-28)33(23(5)6)24(7)8)26-15-16-34(10)31(20-26)30-14-12-11-13-25(30)9/h11-24,32-33H,1-10H3/q+1/i32D,33D. The highest BCUT2D eigenvalue weighted by atomic mass is 14.9. The molecular formula is C33H46N+. The van der Waals surface area contributed by atoms with Gasteiger partial charge in [-0.3, -0.25) is 0 Å². The van der Waals surface area contributed by atoms with Crippen LogP contribution in [0.1, 0.15) is 86.6 Å². The zero-order chi connectivity index (χ0) is 27.0. The Hall–Kier alpha value is -2.41. The van der Waals surface area contributed by atoms with Crippen molar-refractivity contribution in [2.24, 2.45) is 30.7 Å². The summed E-state index contributed by atoms with van der Waals surface area (Å²) in [7, 11) is 2.09. The minimum atomic E-state index is -0.738. The number of hydrogen-bond donors (Lipinski definition) is 0. The number of aromatic nitrogens is 1. The van der Waals surface area contributed by atoms with Crippen LogP contribution in [-0.4, -0.2) is 0 Å². The van der Waals surface area contributed by atoms with Gasteiger partial charge in [0.15, 0.2) is 6.20 Å². The molecule has 0 aliphatic rings. The summed E-state index contributed by atoms with van der Waals surface area (Å²) in [6, 6.07) is 19.5. The monoisotopic (exact) mass is 458 g/mol. The lowest BCUT2D eigenvalue weighted by molar-refractivity contribution is -0.660. The number of rotatable bonds is 8. The molecule has 0 fully saturated rings. The van der Waals surface area contributed by atoms with Gasteiger partial charge in [-0.25, -0.2) is 4.57 Å². The molecule has 0 atom stereocenters. The molecule has 0 amide bonds. The van der Waals surface area contributed by atoms with E-state index in [1.807, 2.05) is 0 Å². The zero-order valence-corrected chi connectivity index (χ0v) is 23.0. The second kappa shape index (κ2) is 10.9. The van der Waals surface area contributed by atoms with Crippen LogP contribution in [0.2, 0.25) is 0 Å². The van der Waals surface area contributed by atoms with E-state index in [9.17, 15) is 2.74 Å². The van der Waals surface area contributed by atoms with Crippen molar-refractivity contribution in [1.82, 2.24) is 0 Å². The fraction of sp³-hybridized carbons (Fsp3) is 0.485. The average molecular weight is 459 g/mol. The number of aryl methyl sites for hydroxylation is 2. The maximum Gasteiger partial charge on any atom is 0.213 e. The van der Waals surface area contributed by atoms with Crippen molar-refractivity contribution in [3.8, 4) is 22.4 Å². The summed E-state index contributed by atoms with van der Waals surface area (Å²) in [4.78, 5) is 0. The largest absolute Gasteiger partial charge is 0.213 e. The van der Waals surface area contributed by atoms with Gasteiger partial charge in [0.2, 0.25) is 5.69 Å². The summed E-state index contributed by atoms with van der Waals surface area (Å²) >= 11 is 0. The van der Waals surface area contributed by atoms with Gasteiger partial charge in [0.25, 0.3) is 0 Å². The molecule has 0 spiro atoms. The fourth-order valence-corrected chi connectivity index (χ4v) is 5.67. The summed E-state index contributed by atoms with van der Waals surface area (Å²) in [6.45, 7) is 19.4. The van der Waals surface area contributed by atoms with Gasteiger partial charge >= 0.3 is 0 Å². The normalized spacial score (nSPS) is 13.7. The van der Waals surface area contributed by atoms with E-state index in [0.29, 0.717) is 0 Å². The van der Waals surface area contributed by atoms with Crippen LogP contribution in [-0.2, 0) is 7.05 Å². The van der Waals surface area contributed by atoms with Crippen molar-refractivity contribution in [2.45, 2.75) is 74.1 Å². The van der Waals surface area contributed by atoms with Crippen LogP contribution in [0.5, 0.6) is 0 Å². The van der Waals surface area contributed by atoms with Crippen molar-refractivity contribution in [2.75, 3.05) is 0 Å². The topological polar surface area (TPSA) is 3.88 Å². The van der Waals surface area contributed by atoms with Gasteiger partial charge in [-0.05, 0) is 76.3 Å². The molecular weight excluding hydrogens is 410 g/mol. The number of pyridine rings is 1. The van der Waals surface area contributed by atoms with Crippen molar-refractivity contribution >= 4 is 0 Å². The first kappa shape index (κ1) is 23.3. The van der Waals surface area contributed by atoms with Crippen LogP contribution < -0.4 is 4.57 Å². The second-order valence-corrected chi connectivity index (χ2v) is 11.1. The fourth-order valence-electron chi connectivity index (χ4n) is 5.67. The summed E-state index contributed by atoms with van der Waals surface area (Å²) in [5.41, 5.74) is 7.87. The van der Waals surface area contributed by atoms with E-state index in [4.69, 9.17) is 0 Å². The smallest absolute Gasteiger partial charge is 0.201 e. The minimum Gasteiger partial charge on any atom is -0.201 e. The summed E-state index contributed by atoms with van der Waals surface area (Å²) in [6.07, 6.45) is 2.13. The molecule has 0 unspecified atom stereocenters. The third kappa shape index (κ3) is 5.62. The molecule has 0 saturated heterocycles. The molecule has 1 nitrogen and oxygen atoms in total. The second-order valence-electron chi connectivity index (χ2n) is 11.1. The Kier molecular flexibility index (Phi) is 7.48.